The van der Waals surface area contributed by atoms with Gasteiger partial charge in [-0.05, 0) is 56.7 Å². The second-order valence-corrected chi connectivity index (χ2v) is 5.81. The number of carbonyl (C=O) groups excluding carboxylic acids is 1. The van der Waals surface area contributed by atoms with Crippen molar-refractivity contribution in [2.75, 3.05) is 42.3 Å². The van der Waals surface area contributed by atoms with Crippen molar-refractivity contribution in [1.29, 1.82) is 0 Å². The Morgan fingerprint density at radius 1 is 1.12 bits per heavy atom. The summed E-state index contributed by atoms with van der Waals surface area (Å²) in [4.78, 5) is 14.4. The fourth-order valence-corrected chi connectivity index (χ4v) is 2.71. The minimum Gasteiger partial charge on any atom is -0.497 e. The molecule has 0 heterocycles. The SMILES string of the molecule is CCN(CC)c1ccc(NCC(=O)Nc2cccc(OC)c2)c(C)c1. The van der Waals surface area contributed by atoms with Crippen LogP contribution in [0.4, 0.5) is 17.1 Å². The minimum atomic E-state index is -0.0968. The second kappa shape index (κ2) is 8.97. The summed E-state index contributed by atoms with van der Waals surface area (Å²) in [5.74, 6) is 0.620. The van der Waals surface area contributed by atoms with E-state index in [1.807, 2.05) is 24.3 Å². The molecular formula is C20H27N3O2. The van der Waals surface area contributed by atoms with Crippen LogP contribution < -0.4 is 20.3 Å². The van der Waals surface area contributed by atoms with Crippen LogP contribution in [0.1, 0.15) is 19.4 Å². The van der Waals surface area contributed by atoms with Gasteiger partial charge >= 0.3 is 0 Å². The number of benzene rings is 2. The third-order valence-corrected chi connectivity index (χ3v) is 4.13. The molecule has 0 atom stereocenters. The van der Waals surface area contributed by atoms with E-state index in [2.05, 4.69) is 48.4 Å². The highest BCUT2D eigenvalue weighted by molar-refractivity contribution is 5.94. The quantitative estimate of drug-likeness (QED) is 0.764. The minimum absolute atomic E-state index is 0.0968. The number of amides is 1. The molecule has 1 amide bonds. The first-order valence-electron chi connectivity index (χ1n) is 8.60. The lowest BCUT2D eigenvalue weighted by Crippen LogP contribution is -2.23. The van der Waals surface area contributed by atoms with Crippen LogP contribution in [0.3, 0.4) is 0 Å². The monoisotopic (exact) mass is 341 g/mol. The molecule has 0 spiro atoms. The van der Waals surface area contributed by atoms with Crippen molar-refractivity contribution < 1.29 is 9.53 Å². The molecule has 0 fully saturated rings. The molecule has 0 aromatic heterocycles. The highest BCUT2D eigenvalue weighted by Gasteiger charge is 2.07. The Hall–Kier alpha value is -2.69. The molecule has 0 aliphatic carbocycles. The lowest BCUT2D eigenvalue weighted by Gasteiger charge is -2.22. The first-order valence-corrected chi connectivity index (χ1v) is 8.60. The maximum Gasteiger partial charge on any atom is 0.243 e. The van der Waals surface area contributed by atoms with Crippen molar-refractivity contribution in [3.05, 3.63) is 48.0 Å². The van der Waals surface area contributed by atoms with Crippen LogP contribution in [-0.4, -0.2) is 32.7 Å². The molecule has 0 radical (unpaired) electrons. The number of hydrogen-bond acceptors (Lipinski definition) is 4. The molecule has 5 nitrogen and oxygen atoms in total. The average molecular weight is 341 g/mol. The molecule has 0 saturated heterocycles. The van der Waals surface area contributed by atoms with Gasteiger partial charge in [0, 0.05) is 36.2 Å². The second-order valence-electron chi connectivity index (χ2n) is 5.81. The van der Waals surface area contributed by atoms with Gasteiger partial charge in [0.1, 0.15) is 5.75 Å². The van der Waals surface area contributed by atoms with E-state index in [4.69, 9.17) is 4.74 Å². The normalized spacial score (nSPS) is 10.2. The third-order valence-electron chi connectivity index (χ3n) is 4.13. The van der Waals surface area contributed by atoms with Gasteiger partial charge in [0.25, 0.3) is 0 Å². The van der Waals surface area contributed by atoms with Crippen LogP contribution in [0, 0.1) is 6.92 Å². The largest absolute Gasteiger partial charge is 0.497 e. The standard InChI is InChI=1S/C20H27N3O2/c1-5-23(6-2)17-10-11-19(15(3)12-17)21-14-20(24)22-16-8-7-9-18(13-16)25-4/h7-13,21H,5-6,14H2,1-4H3,(H,22,24). The van der Waals surface area contributed by atoms with Gasteiger partial charge in [-0.1, -0.05) is 6.07 Å². The molecule has 2 aromatic carbocycles. The number of nitrogens with one attached hydrogen (secondary N) is 2. The molecule has 5 heteroatoms. The van der Waals surface area contributed by atoms with Crippen LogP contribution in [-0.2, 0) is 4.79 Å². The molecule has 0 aliphatic rings. The van der Waals surface area contributed by atoms with Crippen LogP contribution in [0.5, 0.6) is 5.75 Å². The van der Waals surface area contributed by atoms with Crippen LogP contribution in [0.25, 0.3) is 0 Å². The Morgan fingerprint density at radius 3 is 2.52 bits per heavy atom. The summed E-state index contributed by atoms with van der Waals surface area (Å²) in [7, 11) is 1.60. The fourth-order valence-electron chi connectivity index (χ4n) is 2.71. The smallest absolute Gasteiger partial charge is 0.243 e. The summed E-state index contributed by atoms with van der Waals surface area (Å²) in [6, 6.07) is 13.6. The van der Waals surface area contributed by atoms with Gasteiger partial charge in [0.05, 0.1) is 13.7 Å². The van der Waals surface area contributed by atoms with Gasteiger partial charge in [0.15, 0.2) is 0 Å². The van der Waals surface area contributed by atoms with E-state index >= 15 is 0 Å². The fraction of sp³-hybridized carbons (Fsp3) is 0.350. The molecule has 2 N–H and O–H groups in total. The maximum absolute atomic E-state index is 12.1. The molecule has 25 heavy (non-hydrogen) atoms. The van der Waals surface area contributed by atoms with Crippen molar-refractivity contribution >= 4 is 23.0 Å². The number of nitrogens with zero attached hydrogens (tertiary/aromatic N) is 1. The predicted octanol–water partition coefficient (Wildman–Crippen LogP) is 3.90. The maximum atomic E-state index is 12.1. The highest BCUT2D eigenvalue weighted by Crippen LogP contribution is 2.22. The van der Waals surface area contributed by atoms with E-state index in [1.54, 1.807) is 13.2 Å². The third kappa shape index (κ3) is 5.14. The molecule has 0 bridgehead atoms. The molecule has 2 rings (SSSR count). The number of rotatable bonds is 8. The van der Waals surface area contributed by atoms with Gasteiger partial charge in [0.2, 0.25) is 5.91 Å². The van der Waals surface area contributed by atoms with E-state index in [-0.39, 0.29) is 12.5 Å². The zero-order valence-corrected chi connectivity index (χ0v) is 15.4. The van der Waals surface area contributed by atoms with E-state index in [9.17, 15) is 4.79 Å². The average Bonchev–Trinajstić information content (AvgIpc) is 2.62. The first-order chi connectivity index (χ1) is 12.1. The zero-order chi connectivity index (χ0) is 18.2. The topological polar surface area (TPSA) is 53.6 Å². The van der Waals surface area contributed by atoms with Crippen molar-refractivity contribution in [2.24, 2.45) is 0 Å². The summed E-state index contributed by atoms with van der Waals surface area (Å²) in [6.07, 6.45) is 0. The number of aryl methyl sites for hydroxylation is 1. The van der Waals surface area contributed by atoms with Crippen LogP contribution in [0.15, 0.2) is 42.5 Å². The first kappa shape index (κ1) is 18.6. The number of ether oxygens (including phenoxy) is 1. The Bertz CT molecular complexity index is 712. The van der Waals surface area contributed by atoms with Crippen LogP contribution >= 0.6 is 0 Å². The Labute approximate surface area is 150 Å². The number of anilines is 3. The van der Waals surface area contributed by atoms with Crippen molar-refractivity contribution in [3.63, 3.8) is 0 Å². The van der Waals surface area contributed by atoms with Gasteiger partial charge < -0.3 is 20.3 Å². The van der Waals surface area contributed by atoms with Crippen molar-refractivity contribution in [2.45, 2.75) is 20.8 Å². The summed E-state index contributed by atoms with van der Waals surface area (Å²) >= 11 is 0. The van der Waals surface area contributed by atoms with Crippen LogP contribution in [0.2, 0.25) is 0 Å². The Morgan fingerprint density at radius 2 is 1.88 bits per heavy atom. The summed E-state index contributed by atoms with van der Waals surface area (Å²) in [6.45, 7) is 8.51. The van der Waals surface area contributed by atoms with Gasteiger partial charge in [-0.2, -0.15) is 0 Å². The lowest BCUT2D eigenvalue weighted by molar-refractivity contribution is -0.114. The molecule has 2 aromatic rings. The van der Waals surface area contributed by atoms with E-state index in [0.717, 1.165) is 30.0 Å². The van der Waals surface area contributed by atoms with E-state index < -0.39 is 0 Å². The Kier molecular flexibility index (Phi) is 6.69. The summed E-state index contributed by atoms with van der Waals surface area (Å²) < 4.78 is 5.16. The molecule has 0 saturated carbocycles. The van der Waals surface area contributed by atoms with Crippen molar-refractivity contribution in [1.82, 2.24) is 0 Å². The molecule has 0 unspecified atom stereocenters. The van der Waals surface area contributed by atoms with E-state index in [1.165, 1.54) is 5.69 Å². The number of methoxy groups -OCH3 is 1. The number of carbonyl (C=O) groups is 1. The molecule has 134 valence electrons. The lowest BCUT2D eigenvalue weighted by atomic mass is 10.1. The van der Waals surface area contributed by atoms with Gasteiger partial charge in [-0.25, -0.2) is 0 Å². The van der Waals surface area contributed by atoms with E-state index in [0.29, 0.717) is 5.75 Å². The number of hydrogen-bond donors (Lipinski definition) is 2. The van der Waals surface area contributed by atoms with Gasteiger partial charge in [-0.15, -0.1) is 0 Å². The van der Waals surface area contributed by atoms with Crippen molar-refractivity contribution in [3.8, 4) is 5.75 Å². The molecule has 0 aliphatic heterocycles. The molecular weight excluding hydrogens is 314 g/mol. The zero-order valence-electron chi connectivity index (χ0n) is 15.4. The highest BCUT2D eigenvalue weighted by atomic mass is 16.5. The predicted molar refractivity (Wildman–Crippen MR) is 105 cm³/mol. The Balaban J connectivity index is 1.95. The summed E-state index contributed by atoms with van der Waals surface area (Å²) in [5.41, 5.74) is 4.02. The van der Waals surface area contributed by atoms with Gasteiger partial charge in [-0.3, -0.25) is 4.79 Å². The summed E-state index contributed by atoms with van der Waals surface area (Å²) in [5, 5.41) is 6.07.